The topological polar surface area (TPSA) is 47.0 Å². The lowest BCUT2D eigenvalue weighted by atomic mass is 10.3. The minimum absolute atomic E-state index is 0.791. The fourth-order valence-electron chi connectivity index (χ4n) is 1.86. The number of methoxy groups -OCH3 is 1. The van der Waals surface area contributed by atoms with Gasteiger partial charge in [0.15, 0.2) is 5.13 Å². The van der Waals surface area contributed by atoms with E-state index in [2.05, 4.69) is 15.3 Å². The van der Waals surface area contributed by atoms with Crippen LogP contribution in [0.2, 0.25) is 0 Å². The molecule has 96 valence electrons. The molecule has 0 saturated heterocycles. The lowest BCUT2D eigenvalue weighted by Crippen LogP contribution is -1.93. The Balaban J connectivity index is 1.98. The predicted octanol–water partition coefficient (Wildman–Crippen LogP) is 3.75. The van der Waals surface area contributed by atoms with Gasteiger partial charge in [0.05, 0.1) is 11.8 Å². The second-order valence-electron chi connectivity index (χ2n) is 4.12. The van der Waals surface area contributed by atoms with Gasteiger partial charge in [0.1, 0.15) is 17.1 Å². The molecule has 3 rings (SSSR count). The first-order chi connectivity index (χ1) is 9.26. The third-order valence-electron chi connectivity index (χ3n) is 2.73. The molecule has 0 unspecified atom stereocenters. The standard InChI is InChI=1S/C14H13N3OS/c1-9-5-3-8-12(15-9)16-14-17-13-10(18-2)6-4-7-11(13)19-14/h3-8H,1-2H3,(H,15,16,17). The van der Waals surface area contributed by atoms with Gasteiger partial charge in [0, 0.05) is 5.69 Å². The summed E-state index contributed by atoms with van der Waals surface area (Å²) in [6, 6.07) is 11.8. The Morgan fingerprint density at radius 3 is 2.74 bits per heavy atom. The van der Waals surface area contributed by atoms with Crippen molar-refractivity contribution in [2.24, 2.45) is 0 Å². The van der Waals surface area contributed by atoms with Crippen LogP contribution < -0.4 is 10.1 Å². The number of hydrogen-bond acceptors (Lipinski definition) is 5. The second-order valence-corrected chi connectivity index (χ2v) is 5.15. The first-order valence-electron chi connectivity index (χ1n) is 5.90. The first kappa shape index (κ1) is 11.9. The van der Waals surface area contributed by atoms with Crippen molar-refractivity contribution in [3.05, 3.63) is 42.1 Å². The van der Waals surface area contributed by atoms with Gasteiger partial charge in [-0.3, -0.25) is 0 Å². The Labute approximate surface area is 115 Å². The van der Waals surface area contributed by atoms with Gasteiger partial charge >= 0.3 is 0 Å². The minimum atomic E-state index is 0.791. The van der Waals surface area contributed by atoms with E-state index in [0.29, 0.717) is 0 Å². The van der Waals surface area contributed by atoms with Crippen molar-refractivity contribution in [1.29, 1.82) is 0 Å². The number of fused-ring (bicyclic) bond motifs is 1. The molecule has 0 aliphatic heterocycles. The molecule has 0 aliphatic carbocycles. The van der Waals surface area contributed by atoms with Crippen molar-refractivity contribution in [1.82, 2.24) is 9.97 Å². The molecule has 0 saturated carbocycles. The maximum absolute atomic E-state index is 5.31. The average Bonchev–Trinajstić information content (AvgIpc) is 2.80. The van der Waals surface area contributed by atoms with Crippen molar-refractivity contribution in [2.45, 2.75) is 6.92 Å². The molecule has 5 heteroatoms. The van der Waals surface area contributed by atoms with E-state index in [4.69, 9.17) is 4.74 Å². The fraction of sp³-hybridized carbons (Fsp3) is 0.143. The molecule has 0 atom stereocenters. The van der Waals surface area contributed by atoms with Crippen LogP contribution in [0.25, 0.3) is 10.2 Å². The summed E-state index contributed by atoms with van der Waals surface area (Å²) in [6.07, 6.45) is 0. The van der Waals surface area contributed by atoms with Gasteiger partial charge in [-0.2, -0.15) is 0 Å². The molecule has 19 heavy (non-hydrogen) atoms. The normalized spacial score (nSPS) is 10.6. The van der Waals surface area contributed by atoms with Crippen LogP contribution in [0.4, 0.5) is 10.9 Å². The summed E-state index contributed by atoms with van der Waals surface area (Å²) in [5.41, 5.74) is 1.86. The molecule has 1 N–H and O–H groups in total. The van der Waals surface area contributed by atoms with Crippen molar-refractivity contribution in [3.8, 4) is 5.75 Å². The van der Waals surface area contributed by atoms with Crippen LogP contribution in [0.1, 0.15) is 5.69 Å². The molecular weight excluding hydrogens is 258 g/mol. The molecule has 0 radical (unpaired) electrons. The smallest absolute Gasteiger partial charge is 0.189 e. The van der Waals surface area contributed by atoms with Crippen LogP contribution in [-0.4, -0.2) is 17.1 Å². The molecular formula is C14H13N3OS. The minimum Gasteiger partial charge on any atom is -0.494 e. The molecule has 2 heterocycles. The third kappa shape index (κ3) is 2.37. The maximum Gasteiger partial charge on any atom is 0.189 e. The van der Waals surface area contributed by atoms with E-state index < -0.39 is 0 Å². The summed E-state index contributed by atoms with van der Waals surface area (Å²) >= 11 is 1.59. The van der Waals surface area contributed by atoms with Crippen molar-refractivity contribution in [2.75, 3.05) is 12.4 Å². The zero-order valence-electron chi connectivity index (χ0n) is 10.7. The van der Waals surface area contributed by atoms with Crippen molar-refractivity contribution in [3.63, 3.8) is 0 Å². The van der Waals surface area contributed by atoms with Gasteiger partial charge in [-0.1, -0.05) is 23.5 Å². The van der Waals surface area contributed by atoms with E-state index in [1.165, 1.54) is 0 Å². The Morgan fingerprint density at radius 1 is 1.11 bits per heavy atom. The van der Waals surface area contributed by atoms with Gasteiger partial charge in [0.25, 0.3) is 0 Å². The average molecular weight is 271 g/mol. The number of nitrogens with zero attached hydrogens (tertiary/aromatic N) is 2. The number of aromatic nitrogens is 2. The van der Waals surface area contributed by atoms with E-state index in [9.17, 15) is 0 Å². The Morgan fingerprint density at radius 2 is 1.95 bits per heavy atom. The van der Waals surface area contributed by atoms with Gasteiger partial charge in [-0.15, -0.1) is 0 Å². The quantitative estimate of drug-likeness (QED) is 0.788. The number of benzene rings is 1. The number of aryl methyl sites for hydroxylation is 1. The Bertz CT molecular complexity index is 724. The van der Waals surface area contributed by atoms with E-state index in [0.717, 1.165) is 32.6 Å². The van der Waals surface area contributed by atoms with E-state index in [-0.39, 0.29) is 0 Å². The highest BCUT2D eigenvalue weighted by Crippen LogP contribution is 2.33. The lowest BCUT2D eigenvalue weighted by molar-refractivity contribution is 0.419. The summed E-state index contributed by atoms with van der Waals surface area (Å²) in [5, 5.41) is 4.04. The summed E-state index contributed by atoms with van der Waals surface area (Å²) in [5.74, 6) is 1.59. The molecule has 2 aromatic heterocycles. The van der Waals surface area contributed by atoms with Crippen LogP contribution in [0.5, 0.6) is 5.75 Å². The van der Waals surface area contributed by atoms with Crippen LogP contribution in [-0.2, 0) is 0 Å². The molecule has 4 nitrogen and oxygen atoms in total. The number of hydrogen-bond donors (Lipinski definition) is 1. The number of nitrogens with one attached hydrogen (secondary N) is 1. The molecule has 3 aromatic rings. The SMILES string of the molecule is COc1cccc2sc(Nc3cccc(C)n3)nc12. The number of para-hydroxylation sites is 1. The highest BCUT2D eigenvalue weighted by molar-refractivity contribution is 7.22. The zero-order valence-corrected chi connectivity index (χ0v) is 11.5. The lowest BCUT2D eigenvalue weighted by Gasteiger charge is -2.01. The fourth-order valence-corrected chi connectivity index (χ4v) is 2.75. The van der Waals surface area contributed by atoms with Crippen molar-refractivity contribution < 1.29 is 4.74 Å². The Kier molecular flexibility index (Phi) is 3.05. The maximum atomic E-state index is 5.31. The van der Waals surface area contributed by atoms with E-state index in [1.54, 1.807) is 18.4 Å². The van der Waals surface area contributed by atoms with Gasteiger partial charge in [-0.05, 0) is 31.2 Å². The van der Waals surface area contributed by atoms with Crippen LogP contribution in [0.3, 0.4) is 0 Å². The second kappa shape index (κ2) is 4.85. The number of pyridine rings is 1. The van der Waals surface area contributed by atoms with E-state index in [1.807, 2.05) is 43.3 Å². The molecule has 0 fully saturated rings. The van der Waals surface area contributed by atoms with Crippen LogP contribution in [0.15, 0.2) is 36.4 Å². The highest BCUT2D eigenvalue weighted by atomic mass is 32.1. The summed E-state index contributed by atoms with van der Waals surface area (Å²) < 4.78 is 6.40. The summed E-state index contributed by atoms with van der Waals surface area (Å²) in [4.78, 5) is 8.96. The van der Waals surface area contributed by atoms with Gasteiger partial charge in [-0.25, -0.2) is 9.97 Å². The van der Waals surface area contributed by atoms with Crippen LogP contribution in [0, 0.1) is 6.92 Å². The highest BCUT2D eigenvalue weighted by Gasteiger charge is 2.08. The number of ether oxygens (including phenoxy) is 1. The Hall–Kier alpha value is -2.14. The number of thiazole rings is 1. The number of rotatable bonds is 3. The predicted molar refractivity (Wildman–Crippen MR) is 78.4 cm³/mol. The zero-order chi connectivity index (χ0) is 13.2. The van der Waals surface area contributed by atoms with Crippen LogP contribution >= 0.6 is 11.3 Å². The monoisotopic (exact) mass is 271 g/mol. The van der Waals surface area contributed by atoms with Crippen molar-refractivity contribution >= 4 is 32.5 Å². The first-order valence-corrected chi connectivity index (χ1v) is 6.72. The third-order valence-corrected chi connectivity index (χ3v) is 3.66. The number of anilines is 2. The summed E-state index contributed by atoms with van der Waals surface area (Å²) in [7, 11) is 1.66. The molecule has 0 bridgehead atoms. The van der Waals surface area contributed by atoms with Gasteiger partial charge in [0.2, 0.25) is 0 Å². The molecule has 1 aromatic carbocycles. The van der Waals surface area contributed by atoms with Gasteiger partial charge < -0.3 is 10.1 Å². The molecule has 0 amide bonds. The van der Waals surface area contributed by atoms with E-state index >= 15 is 0 Å². The molecule has 0 spiro atoms. The summed E-state index contributed by atoms with van der Waals surface area (Å²) in [6.45, 7) is 1.96. The molecule has 0 aliphatic rings. The largest absolute Gasteiger partial charge is 0.494 e.